The number of methoxy groups -OCH3 is 1. The molecule has 22 heavy (non-hydrogen) atoms. The van der Waals surface area contributed by atoms with Gasteiger partial charge in [0.15, 0.2) is 5.79 Å². The highest BCUT2D eigenvalue weighted by Gasteiger charge is 2.42. The topological polar surface area (TPSA) is 39.7 Å². The summed E-state index contributed by atoms with van der Waals surface area (Å²) in [6, 6.07) is 8.32. The van der Waals surface area contributed by atoms with Crippen LogP contribution >= 0.6 is 0 Å². The van der Waals surface area contributed by atoms with E-state index in [0.717, 1.165) is 18.8 Å². The summed E-state index contributed by atoms with van der Waals surface area (Å²) in [5.74, 6) is 1.30. The molecule has 2 fully saturated rings. The fourth-order valence-corrected chi connectivity index (χ4v) is 3.78. The average Bonchev–Trinajstić information content (AvgIpc) is 2.89. The molecule has 2 aliphatic heterocycles. The molecule has 0 aliphatic carbocycles. The molecule has 0 amide bonds. The van der Waals surface area contributed by atoms with Crippen molar-refractivity contribution in [3.05, 3.63) is 29.8 Å². The second-order valence-corrected chi connectivity index (χ2v) is 6.74. The van der Waals surface area contributed by atoms with E-state index in [1.54, 1.807) is 7.11 Å². The Morgan fingerprint density at radius 1 is 1.32 bits per heavy atom. The molecule has 2 heterocycles. The standard InChI is InChI=1S/C18H27NO3/c1-18(2)21-12-16(22-18)17(13-7-6-10-19-11-13)14-8-4-5-9-15(14)20-3/h4-5,8-9,13,16-17,19H,6-7,10-12H2,1-3H3. The number of rotatable bonds is 4. The highest BCUT2D eigenvalue weighted by molar-refractivity contribution is 5.37. The molecule has 3 unspecified atom stereocenters. The summed E-state index contributed by atoms with van der Waals surface area (Å²) in [4.78, 5) is 0. The summed E-state index contributed by atoms with van der Waals surface area (Å²) in [6.45, 7) is 6.77. The molecule has 1 N–H and O–H groups in total. The van der Waals surface area contributed by atoms with Gasteiger partial charge < -0.3 is 19.5 Å². The van der Waals surface area contributed by atoms with Crippen molar-refractivity contribution in [2.75, 3.05) is 26.8 Å². The molecule has 2 saturated heterocycles. The van der Waals surface area contributed by atoms with Gasteiger partial charge in [0, 0.05) is 11.5 Å². The number of hydrogen-bond donors (Lipinski definition) is 1. The van der Waals surface area contributed by atoms with Gasteiger partial charge in [-0.3, -0.25) is 0 Å². The largest absolute Gasteiger partial charge is 0.496 e. The van der Waals surface area contributed by atoms with Crippen molar-refractivity contribution < 1.29 is 14.2 Å². The van der Waals surface area contributed by atoms with Gasteiger partial charge in [0.05, 0.1) is 19.8 Å². The fourth-order valence-electron chi connectivity index (χ4n) is 3.78. The first-order valence-electron chi connectivity index (χ1n) is 8.26. The smallest absolute Gasteiger partial charge is 0.163 e. The molecular weight excluding hydrogens is 278 g/mol. The summed E-state index contributed by atoms with van der Waals surface area (Å²) in [6.07, 6.45) is 2.51. The Labute approximate surface area is 133 Å². The monoisotopic (exact) mass is 305 g/mol. The van der Waals surface area contributed by atoms with Crippen molar-refractivity contribution >= 4 is 0 Å². The van der Waals surface area contributed by atoms with Crippen molar-refractivity contribution in [2.45, 2.75) is 44.5 Å². The van der Waals surface area contributed by atoms with Gasteiger partial charge in [-0.25, -0.2) is 0 Å². The zero-order valence-corrected chi connectivity index (χ0v) is 13.8. The normalized spacial score (nSPS) is 29.2. The Hall–Kier alpha value is -1.10. The number of benzene rings is 1. The van der Waals surface area contributed by atoms with Crippen LogP contribution in [0.4, 0.5) is 0 Å². The number of nitrogens with one attached hydrogen (secondary N) is 1. The van der Waals surface area contributed by atoms with E-state index in [1.807, 2.05) is 26.0 Å². The number of piperidine rings is 1. The van der Waals surface area contributed by atoms with Gasteiger partial charge in [-0.1, -0.05) is 18.2 Å². The molecule has 3 rings (SSSR count). The number of hydrogen-bond acceptors (Lipinski definition) is 4. The van der Waals surface area contributed by atoms with Crippen LogP contribution in [0.15, 0.2) is 24.3 Å². The van der Waals surface area contributed by atoms with Crippen LogP contribution in [0, 0.1) is 5.92 Å². The summed E-state index contributed by atoms with van der Waals surface area (Å²) in [7, 11) is 1.74. The number of ether oxygens (including phenoxy) is 3. The predicted octanol–water partition coefficient (Wildman–Crippen LogP) is 2.93. The maximum absolute atomic E-state index is 6.21. The Bertz CT molecular complexity index is 497. The minimum Gasteiger partial charge on any atom is -0.496 e. The van der Waals surface area contributed by atoms with E-state index < -0.39 is 5.79 Å². The van der Waals surface area contributed by atoms with E-state index in [1.165, 1.54) is 18.4 Å². The Morgan fingerprint density at radius 3 is 2.77 bits per heavy atom. The van der Waals surface area contributed by atoms with Crippen molar-refractivity contribution in [1.82, 2.24) is 5.32 Å². The highest BCUT2D eigenvalue weighted by Crippen LogP contribution is 2.42. The van der Waals surface area contributed by atoms with E-state index in [9.17, 15) is 0 Å². The first-order chi connectivity index (χ1) is 10.6. The second-order valence-electron chi connectivity index (χ2n) is 6.74. The van der Waals surface area contributed by atoms with Crippen LogP contribution in [0.3, 0.4) is 0 Å². The molecule has 1 aromatic rings. The molecule has 0 spiro atoms. The highest BCUT2D eigenvalue weighted by atomic mass is 16.7. The van der Waals surface area contributed by atoms with Crippen molar-refractivity contribution in [2.24, 2.45) is 5.92 Å². The lowest BCUT2D eigenvalue weighted by Gasteiger charge is -2.35. The van der Waals surface area contributed by atoms with E-state index in [-0.39, 0.29) is 6.10 Å². The molecule has 3 atom stereocenters. The van der Waals surface area contributed by atoms with Gasteiger partial charge in [-0.2, -0.15) is 0 Å². The first-order valence-corrected chi connectivity index (χ1v) is 8.26. The SMILES string of the molecule is COc1ccccc1C(C1CCCNC1)C1COC(C)(C)O1. The molecule has 2 aliphatic rings. The van der Waals surface area contributed by atoms with Crippen LogP contribution in [-0.2, 0) is 9.47 Å². The Kier molecular flexibility index (Phi) is 4.71. The van der Waals surface area contributed by atoms with Gasteiger partial charge in [0.25, 0.3) is 0 Å². The number of para-hydroxylation sites is 1. The van der Waals surface area contributed by atoms with Gasteiger partial charge in [0.2, 0.25) is 0 Å². The molecule has 0 saturated carbocycles. The third-order valence-electron chi connectivity index (χ3n) is 4.77. The average molecular weight is 305 g/mol. The molecular formula is C18H27NO3. The molecule has 122 valence electrons. The van der Waals surface area contributed by atoms with Crippen LogP contribution in [0.5, 0.6) is 5.75 Å². The first kappa shape index (κ1) is 15.8. The predicted molar refractivity (Wildman–Crippen MR) is 86.2 cm³/mol. The molecule has 0 aromatic heterocycles. The van der Waals surface area contributed by atoms with Crippen LogP contribution in [0.1, 0.15) is 38.2 Å². The van der Waals surface area contributed by atoms with Crippen LogP contribution < -0.4 is 10.1 Å². The summed E-state index contributed by atoms with van der Waals surface area (Å²) >= 11 is 0. The van der Waals surface area contributed by atoms with Gasteiger partial charge in [0.1, 0.15) is 5.75 Å². The molecule has 4 heteroatoms. The molecule has 0 radical (unpaired) electrons. The quantitative estimate of drug-likeness (QED) is 0.928. The lowest BCUT2D eigenvalue weighted by atomic mass is 9.78. The van der Waals surface area contributed by atoms with Crippen molar-refractivity contribution in [3.8, 4) is 5.75 Å². The van der Waals surface area contributed by atoms with Gasteiger partial charge in [-0.15, -0.1) is 0 Å². The maximum atomic E-state index is 6.21. The third-order valence-corrected chi connectivity index (χ3v) is 4.77. The van der Waals surface area contributed by atoms with E-state index in [4.69, 9.17) is 14.2 Å². The minimum atomic E-state index is -0.493. The van der Waals surface area contributed by atoms with Gasteiger partial charge in [-0.05, 0) is 51.8 Å². The van der Waals surface area contributed by atoms with Crippen LogP contribution in [-0.4, -0.2) is 38.7 Å². The van der Waals surface area contributed by atoms with Crippen molar-refractivity contribution in [1.29, 1.82) is 0 Å². The Morgan fingerprint density at radius 2 is 2.14 bits per heavy atom. The van der Waals surface area contributed by atoms with E-state index >= 15 is 0 Å². The lowest BCUT2D eigenvalue weighted by molar-refractivity contribution is -0.142. The molecule has 0 bridgehead atoms. The minimum absolute atomic E-state index is 0.0798. The third kappa shape index (κ3) is 3.29. The maximum Gasteiger partial charge on any atom is 0.163 e. The van der Waals surface area contributed by atoms with E-state index in [0.29, 0.717) is 18.4 Å². The lowest BCUT2D eigenvalue weighted by Crippen LogP contribution is -2.39. The summed E-state index contributed by atoms with van der Waals surface area (Å²) < 4.78 is 17.7. The fraction of sp³-hybridized carbons (Fsp3) is 0.667. The van der Waals surface area contributed by atoms with E-state index in [2.05, 4.69) is 17.4 Å². The van der Waals surface area contributed by atoms with Crippen molar-refractivity contribution in [3.63, 3.8) is 0 Å². The molecule has 4 nitrogen and oxygen atoms in total. The van der Waals surface area contributed by atoms with Gasteiger partial charge >= 0.3 is 0 Å². The summed E-state index contributed by atoms with van der Waals surface area (Å²) in [5.41, 5.74) is 1.24. The summed E-state index contributed by atoms with van der Waals surface area (Å²) in [5, 5.41) is 3.53. The van der Waals surface area contributed by atoms with Crippen LogP contribution in [0.25, 0.3) is 0 Å². The van der Waals surface area contributed by atoms with Crippen LogP contribution in [0.2, 0.25) is 0 Å². The zero-order chi connectivity index (χ0) is 15.6. The Balaban J connectivity index is 1.92. The zero-order valence-electron chi connectivity index (χ0n) is 13.8. The second kappa shape index (κ2) is 6.57. The molecule has 1 aromatic carbocycles.